The van der Waals surface area contributed by atoms with Crippen LogP contribution in [0.4, 0.5) is 0 Å². The zero-order valence-electron chi connectivity index (χ0n) is 11.0. The van der Waals surface area contributed by atoms with Gasteiger partial charge in [0.25, 0.3) is 0 Å². The second-order valence-electron chi connectivity index (χ2n) is 7.17. The highest BCUT2D eigenvalue weighted by atomic mass is 16.3. The van der Waals surface area contributed by atoms with Gasteiger partial charge >= 0.3 is 0 Å². The highest BCUT2D eigenvalue weighted by molar-refractivity contribution is 5.25. The molecule has 0 bridgehead atoms. The number of fused-ring (bicyclic) bond motifs is 3. The number of rotatable bonds is 0. The normalized spacial score (nSPS) is 53.7. The van der Waals surface area contributed by atoms with Crippen LogP contribution in [0.25, 0.3) is 0 Å². The fourth-order valence-electron chi connectivity index (χ4n) is 4.77. The van der Waals surface area contributed by atoms with Gasteiger partial charge in [0.05, 0.1) is 5.60 Å². The van der Waals surface area contributed by atoms with Gasteiger partial charge in [-0.2, -0.15) is 0 Å². The molecule has 0 radical (unpaired) electrons. The summed E-state index contributed by atoms with van der Waals surface area (Å²) < 4.78 is 0. The zero-order valence-corrected chi connectivity index (χ0v) is 11.0. The lowest BCUT2D eigenvalue weighted by Gasteiger charge is -2.35. The summed E-state index contributed by atoms with van der Waals surface area (Å²) in [5.74, 6) is 2.85. The molecule has 0 amide bonds. The van der Waals surface area contributed by atoms with E-state index in [2.05, 4.69) is 33.8 Å². The minimum Gasteiger partial charge on any atom is -0.390 e. The predicted octanol–water partition coefficient (Wildman–Crippen LogP) is 3.39. The highest BCUT2D eigenvalue weighted by Gasteiger charge is 2.65. The first-order chi connectivity index (χ1) is 7.36. The maximum Gasteiger partial charge on any atom is 0.0656 e. The van der Waals surface area contributed by atoms with E-state index in [9.17, 15) is 5.11 Å². The number of hydrogen-bond donors (Lipinski definition) is 1. The van der Waals surface area contributed by atoms with E-state index in [1.165, 1.54) is 6.42 Å². The van der Waals surface area contributed by atoms with E-state index >= 15 is 0 Å². The van der Waals surface area contributed by atoms with E-state index in [1.54, 1.807) is 5.57 Å². The van der Waals surface area contributed by atoms with Crippen molar-refractivity contribution >= 4 is 0 Å². The largest absolute Gasteiger partial charge is 0.390 e. The maximum absolute atomic E-state index is 10.6. The second-order valence-corrected chi connectivity index (χ2v) is 7.17. The van der Waals surface area contributed by atoms with E-state index in [4.69, 9.17) is 0 Å². The first-order valence-electron chi connectivity index (χ1n) is 6.75. The monoisotopic (exact) mass is 220 g/mol. The molecule has 1 heteroatoms. The number of allylic oxidation sites excluding steroid dienone is 2. The van der Waals surface area contributed by atoms with Crippen LogP contribution in [0.1, 0.15) is 47.0 Å². The van der Waals surface area contributed by atoms with E-state index < -0.39 is 5.60 Å². The molecule has 1 N–H and O–H groups in total. The van der Waals surface area contributed by atoms with Gasteiger partial charge in [-0.15, -0.1) is 0 Å². The minimum absolute atomic E-state index is 0.428. The Kier molecular flexibility index (Phi) is 1.98. The van der Waals surface area contributed by atoms with E-state index in [0.717, 1.165) is 24.7 Å². The molecule has 0 saturated heterocycles. The standard InChI is InChI=1S/C15H24O/c1-9-5-6-10-12(9)13-11(14(13,2)3)7-8-15(10,4)16/h5,10-13,16H,6-8H2,1-4H3/t10-,11-,12?,13-,15-/m0/s1. The molecule has 5 atom stereocenters. The average molecular weight is 220 g/mol. The summed E-state index contributed by atoms with van der Waals surface area (Å²) in [6.45, 7) is 9.18. The van der Waals surface area contributed by atoms with E-state index in [0.29, 0.717) is 17.3 Å². The lowest BCUT2D eigenvalue weighted by Crippen LogP contribution is -2.37. The van der Waals surface area contributed by atoms with Crippen molar-refractivity contribution in [2.75, 3.05) is 0 Å². The first-order valence-corrected chi connectivity index (χ1v) is 6.75. The van der Waals surface area contributed by atoms with Crippen LogP contribution in [0.15, 0.2) is 11.6 Å². The molecule has 3 aliphatic carbocycles. The molecule has 0 spiro atoms. The summed E-state index contributed by atoms with van der Waals surface area (Å²) in [6.07, 6.45) is 5.70. The molecular weight excluding hydrogens is 196 g/mol. The van der Waals surface area contributed by atoms with Crippen LogP contribution in [-0.4, -0.2) is 10.7 Å². The summed E-state index contributed by atoms with van der Waals surface area (Å²) in [6, 6.07) is 0. The van der Waals surface area contributed by atoms with Gasteiger partial charge < -0.3 is 5.11 Å². The molecule has 2 fully saturated rings. The van der Waals surface area contributed by atoms with Crippen LogP contribution in [0, 0.1) is 29.1 Å². The van der Waals surface area contributed by atoms with E-state index in [-0.39, 0.29) is 0 Å². The summed E-state index contributed by atoms with van der Waals surface area (Å²) >= 11 is 0. The minimum atomic E-state index is -0.428. The molecular formula is C15H24O. The van der Waals surface area contributed by atoms with Gasteiger partial charge in [0.15, 0.2) is 0 Å². The predicted molar refractivity (Wildman–Crippen MR) is 66.0 cm³/mol. The van der Waals surface area contributed by atoms with Crippen molar-refractivity contribution in [2.45, 2.75) is 52.6 Å². The van der Waals surface area contributed by atoms with Crippen LogP contribution < -0.4 is 0 Å². The Labute approximate surface area is 98.9 Å². The maximum atomic E-state index is 10.6. The van der Waals surface area contributed by atoms with Crippen molar-refractivity contribution in [1.29, 1.82) is 0 Å². The third-order valence-corrected chi connectivity index (χ3v) is 5.94. The van der Waals surface area contributed by atoms with Gasteiger partial charge in [0, 0.05) is 0 Å². The summed E-state index contributed by atoms with van der Waals surface area (Å²) in [7, 11) is 0. The van der Waals surface area contributed by atoms with Crippen LogP contribution in [-0.2, 0) is 0 Å². The Morgan fingerprint density at radius 3 is 2.62 bits per heavy atom. The van der Waals surface area contributed by atoms with Crippen molar-refractivity contribution in [3.8, 4) is 0 Å². The Morgan fingerprint density at radius 2 is 1.94 bits per heavy atom. The van der Waals surface area contributed by atoms with Gasteiger partial charge in [0.1, 0.15) is 0 Å². The van der Waals surface area contributed by atoms with Crippen LogP contribution in [0.5, 0.6) is 0 Å². The smallest absolute Gasteiger partial charge is 0.0656 e. The van der Waals surface area contributed by atoms with Crippen molar-refractivity contribution in [3.63, 3.8) is 0 Å². The molecule has 0 heterocycles. The summed E-state index contributed by atoms with van der Waals surface area (Å²) in [5.41, 5.74) is 1.65. The zero-order chi connectivity index (χ0) is 11.7. The lowest BCUT2D eigenvalue weighted by molar-refractivity contribution is -0.0236. The molecule has 3 rings (SSSR count). The summed E-state index contributed by atoms with van der Waals surface area (Å²) in [4.78, 5) is 0. The third-order valence-electron chi connectivity index (χ3n) is 5.94. The topological polar surface area (TPSA) is 20.2 Å². The van der Waals surface area contributed by atoms with Crippen LogP contribution in [0.2, 0.25) is 0 Å². The van der Waals surface area contributed by atoms with Gasteiger partial charge in [0.2, 0.25) is 0 Å². The third kappa shape index (κ3) is 1.21. The molecule has 0 aliphatic heterocycles. The lowest BCUT2D eigenvalue weighted by atomic mass is 9.74. The van der Waals surface area contributed by atoms with Crippen LogP contribution >= 0.6 is 0 Å². The van der Waals surface area contributed by atoms with Gasteiger partial charge in [-0.3, -0.25) is 0 Å². The van der Waals surface area contributed by atoms with Gasteiger partial charge in [-0.25, -0.2) is 0 Å². The molecule has 3 aliphatic rings. The van der Waals surface area contributed by atoms with Crippen molar-refractivity contribution in [1.82, 2.24) is 0 Å². The molecule has 90 valence electrons. The van der Waals surface area contributed by atoms with Crippen molar-refractivity contribution < 1.29 is 5.11 Å². The molecule has 0 aromatic heterocycles. The first kappa shape index (κ1) is 10.8. The van der Waals surface area contributed by atoms with Gasteiger partial charge in [-0.1, -0.05) is 25.5 Å². The molecule has 0 aromatic rings. The second kappa shape index (κ2) is 2.93. The van der Waals surface area contributed by atoms with E-state index in [1.807, 2.05) is 0 Å². The number of aliphatic hydroxyl groups is 1. The summed E-state index contributed by atoms with van der Waals surface area (Å²) in [5, 5.41) is 10.6. The highest BCUT2D eigenvalue weighted by Crippen LogP contribution is 2.70. The molecule has 2 saturated carbocycles. The fraction of sp³-hybridized carbons (Fsp3) is 0.867. The quantitative estimate of drug-likeness (QED) is 0.620. The average Bonchev–Trinajstić information content (AvgIpc) is 2.51. The Hall–Kier alpha value is -0.300. The molecule has 0 aromatic carbocycles. The number of hydrogen-bond acceptors (Lipinski definition) is 1. The Morgan fingerprint density at radius 1 is 1.25 bits per heavy atom. The molecule has 1 unspecified atom stereocenters. The SMILES string of the molecule is CC1=CC[C@H]2C1[C@@H]1[C@H](CC[C@]2(C)O)C1(C)C. The fourth-order valence-corrected chi connectivity index (χ4v) is 4.77. The Bertz CT molecular complexity index is 350. The Balaban J connectivity index is 1.97. The van der Waals surface area contributed by atoms with Gasteiger partial charge in [-0.05, 0) is 62.2 Å². The van der Waals surface area contributed by atoms with Crippen molar-refractivity contribution in [2.24, 2.45) is 29.1 Å². The molecule has 16 heavy (non-hydrogen) atoms. The van der Waals surface area contributed by atoms with Crippen LogP contribution in [0.3, 0.4) is 0 Å². The van der Waals surface area contributed by atoms with Crippen molar-refractivity contribution in [3.05, 3.63) is 11.6 Å². The molecule has 1 nitrogen and oxygen atoms in total.